The molecule has 24 heavy (non-hydrogen) atoms. The van der Waals surface area contributed by atoms with Gasteiger partial charge in [-0.1, -0.05) is 17.7 Å². The van der Waals surface area contributed by atoms with E-state index in [1.807, 2.05) is 25.1 Å². The highest BCUT2D eigenvalue weighted by Gasteiger charge is 2.17. The van der Waals surface area contributed by atoms with Crippen LogP contribution in [0.15, 0.2) is 30.3 Å². The van der Waals surface area contributed by atoms with Gasteiger partial charge in [0.2, 0.25) is 0 Å². The number of nitrogens with zero attached hydrogens (tertiary/aromatic N) is 2. The Morgan fingerprint density at radius 3 is 2.92 bits per heavy atom. The zero-order valence-electron chi connectivity index (χ0n) is 13.4. The number of carbonyl (C=O) groups is 1. The van der Waals surface area contributed by atoms with Crippen LogP contribution in [-0.4, -0.2) is 35.4 Å². The van der Waals surface area contributed by atoms with Gasteiger partial charge in [0.15, 0.2) is 11.5 Å². The number of anilines is 2. The number of nitrogens with one attached hydrogen (secondary N) is 2. The molecule has 0 aliphatic carbocycles. The quantitative estimate of drug-likeness (QED) is 0.870. The molecule has 0 spiro atoms. The van der Waals surface area contributed by atoms with Gasteiger partial charge in [0, 0.05) is 23.9 Å². The highest BCUT2D eigenvalue weighted by Crippen LogP contribution is 2.23. The van der Waals surface area contributed by atoms with Crippen molar-refractivity contribution in [1.29, 1.82) is 0 Å². The minimum absolute atomic E-state index is 0.105. The highest BCUT2D eigenvalue weighted by molar-refractivity contribution is 6.30. The van der Waals surface area contributed by atoms with E-state index < -0.39 is 0 Å². The second kappa shape index (κ2) is 7.59. The fraction of sp³-hybridized carbons (Fsp3) is 0.353. The molecule has 6 nitrogen and oxygen atoms in total. The molecule has 3 rings (SSSR count). The molecule has 2 aromatic rings. The number of hydrogen-bond acceptors (Lipinski definition) is 5. The van der Waals surface area contributed by atoms with Crippen LogP contribution in [0.25, 0.3) is 0 Å². The zero-order chi connectivity index (χ0) is 16.9. The molecule has 1 aromatic heterocycles. The topological polar surface area (TPSA) is 76.1 Å². The van der Waals surface area contributed by atoms with Crippen molar-refractivity contribution in [2.24, 2.45) is 0 Å². The molecular formula is C17H19ClN4O2. The maximum Gasteiger partial charge on any atom is 0.271 e. The zero-order valence-corrected chi connectivity index (χ0v) is 14.1. The summed E-state index contributed by atoms with van der Waals surface area (Å²) in [6, 6.07) is 8.93. The highest BCUT2D eigenvalue weighted by atomic mass is 35.5. The maximum absolute atomic E-state index is 12.1. The van der Waals surface area contributed by atoms with Crippen LogP contribution < -0.4 is 10.6 Å². The largest absolute Gasteiger partial charge is 0.376 e. The van der Waals surface area contributed by atoms with Crippen molar-refractivity contribution in [1.82, 2.24) is 15.5 Å². The van der Waals surface area contributed by atoms with Crippen molar-refractivity contribution < 1.29 is 9.53 Å². The second-order valence-corrected chi connectivity index (χ2v) is 6.17. The number of amides is 1. The number of aromatic nitrogens is 2. The number of hydrogen-bond donors (Lipinski definition) is 2. The number of halogens is 1. The summed E-state index contributed by atoms with van der Waals surface area (Å²) in [4.78, 5) is 12.1. The van der Waals surface area contributed by atoms with Crippen molar-refractivity contribution in [2.45, 2.75) is 25.9 Å². The SMILES string of the molecule is Cc1ccc(Cl)cc1Nc1ccc(C(=O)NCC2CCCO2)nn1. The predicted octanol–water partition coefficient (Wildman–Crippen LogP) is 3.09. The van der Waals surface area contributed by atoms with Crippen LogP contribution in [0, 0.1) is 6.92 Å². The lowest BCUT2D eigenvalue weighted by molar-refractivity contribution is 0.0853. The lowest BCUT2D eigenvalue weighted by Gasteiger charge is -2.11. The second-order valence-electron chi connectivity index (χ2n) is 5.73. The Kier molecular flexibility index (Phi) is 5.27. The molecule has 7 heteroatoms. The van der Waals surface area contributed by atoms with Gasteiger partial charge in [-0.15, -0.1) is 10.2 Å². The monoisotopic (exact) mass is 346 g/mol. The van der Waals surface area contributed by atoms with E-state index >= 15 is 0 Å². The molecule has 1 aromatic carbocycles. The lowest BCUT2D eigenvalue weighted by atomic mass is 10.2. The van der Waals surface area contributed by atoms with Crippen LogP contribution in [0.5, 0.6) is 0 Å². The van der Waals surface area contributed by atoms with Crippen molar-refractivity contribution in [2.75, 3.05) is 18.5 Å². The maximum atomic E-state index is 12.1. The third-order valence-corrected chi connectivity index (χ3v) is 4.11. The summed E-state index contributed by atoms with van der Waals surface area (Å²) in [5.74, 6) is 0.305. The van der Waals surface area contributed by atoms with Crippen LogP contribution in [0.2, 0.25) is 5.02 Å². The van der Waals surface area contributed by atoms with Gasteiger partial charge in [-0.25, -0.2) is 0 Å². The Labute approximate surface area is 145 Å². The Hall–Kier alpha value is -2.18. The van der Waals surface area contributed by atoms with Crippen molar-refractivity contribution in [3.8, 4) is 0 Å². The van der Waals surface area contributed by atoms with Crippen molar-refractivity contribution in [3.05, 3.63) is 46.6 Å². The molecule has 1 atom stereocenters. The van der Waals surface area contributed by atoms with Gasteiger partial charge in [0.25, 0.3) is 5.91 Å². The molecule has 1 aliphatic heterocycles. The van der Waals surface area contributed by atoms with Crippen LogP contribution in [0.1, 0.15) is 28.9 Å². The predicted molar refractivity (Wildman–Crippen MR) is 92.8 cm³/mol. The summed E-state index contributed by atoms with van der Waals surface area (Å²) < 4.78 is 5.47. The fourth-order valence-corrected chi connectivity index (χ4v) is 2.66. The average Bonchev–Trinajstić information content (AvgIpc) is 3.10. The molecule has 1 aliphatic rings. The first-order valence-electron chi connectivity index (χ1n) is 7.88. The van der Waals surface area contributed by atoms with Gasteiger partial charge in [0.05, 0.1) is 6.10 Å². The van der Waals surface area contributed by atoms with E-state index in [0.29, 0.717) is 17.4 Å². The molecule has 126 valence electrons. The summed E-state index contributed by atoms with van der Waals surface area (Å²) in [5, 5.41) is 14.6. The molecule has 0 radical (unpaired) electrons. The van der Waals surface area contributed by atoms with Crippen LogP contribution >= 0.6 is 11.6 Å². The van der Waals surface area contributed by atoms with Crippen molar-refractivity contribution in [3.63, 3.8) is 0 Å². The average molecular weight is 347 g/mol. The molecule has 2 heterocycles. The Bertz CT molecular complexity index is 715. The van der Waals surface area contributed by atoms with E-state index in [9.17, 15) is 4.79 Å². The molecule has 1 saturated heterocycles. The third-order valence-electron chi connectivity index (χ3n) is 3.87. The van der Waals surface area contributed by atoms with Gasteiger partial charge in [-0.05, 0) is 49.6 Å². The van der Waals surface area contributed by atoms with Crippen LogP contribution in [0.3, 0.4) is 0 Å². The molecule has 1 unspecified atom stereocenters. The van der Waals surface area contributed by atoms with E-state index in [2.05, 4.69) is 20.8 Å². The van der Waals surface area contributed by atoms with Crippen LogP contribution in [0.4, 0.5) is 11.5 Å². The van der Waals surface area contributed by atoms with Gasteiger partial charge < -0.3 is 15.4 Å². The minimum atomic E-state index is -0.247. The summed E-state index contributed by atoms with van der Waals surface area (Å²) in [6.45, 7) is 3.24. The normalized spacial score (nSPS) is 16.8. The molecule has 1 fully saturated rings. The fourth-order valence-electron chi connectivity index (χ4n) is 2.49. The Balaban J connectivity index is 1.60. The standard InChI is InChI=1S/C17H19ClN4O2/c1-11-4-5-12(18)9-15(11)20-16-7-6-14(21-22-16)17(23)19-10-13-3-2-8-24-13/h4-7,9,13H,2-3,8,10H2,1H3,(H,19,23)(H,20,22). The smallest absolute Gasteiger partial charge is 0.271 e. The first-order valence-corrected chi connectivity index (χ1v) is 8.26. The number of ether oxygens (including phenoxy) is 1. The molecular weight excluding hydrogens is 328 g/mol. The summed E-state index contributed by atoms with van der Waals surface area (Å²) in [6.07, 6.45) is 2.13. The lowest BCUT2D eigenvalue weighted by Crippen LogP contribution is -2.32. The molecule has 2 N–H and O–H groups in total. The molecule has 0 saturated carbocycles. The van der Waals surface area contributed by atoms with Gasteiger partial charge in [-0.3, -0.25) is 4.79 Å². The van der Waals surface area contributed by atoms with E-state index in [0.717, 1.165) is 30.7 Å². The van der Waals surface area contributed by atoms with E-state index in [-0.39, 0.29) is 17.7 Å². The van der Waals surface area contributed by atoms with Gasteiger partial charge in [-0.2, -0.15) is 0 Å². The third kappa shape index (κ3) is 4.21. The van der Waals surface area contributed by atoms with E-state index in [4.69, 9.17) is 16.3 Å². The first kappa shape index (κ1) is 16.7. The number of benzene rings is 1. The van der Waals surface area contributed by atoms with Crippen LogP contribution in [-0.2, 0) is 4.74 Å². The summed E-state index contributed by atoms with van der Waals surface area (Å²) in [5.41, 5.74) is 2.17. The van der Waals surface area contributed by atoms with E-state index in [1.54, 1.807) is 12.1 Å². The summed E-state index contributed by atoms with van der Waals surface area (Å²) in [7, 11) is 0. The number of rotatable bonds is 5. The first-order chi connectivity index (χ1) is 11.6. The Morgan fingerprint density at radius 2 is 2.21 bits per heavy atom. The van der Waals surface area contributed by atoms with Gasteiger partial charge in [0.1, 0.15) is 0 Å². The Morgan fingerprint density at radius 1 is 1.33 bits per heavy atom. The van der Waals surface area contributed by atoms with E-state index in [1.165, 1.54) is 0 Å². The number of aryl methyl sites for hydroxylation is 1. The summed E-state index contributed by atoms with van der Waals surface area (Å²) >= 11 is 6.00. The van der Waals surface area contributed by atoms with Gasteiger partial charge >= 0.3 is 0 Å². The number of carbonyl (C=O) groups excluding carboxylic acids is 1. The minimum Gasteiger partial charge on any atom is -0.376 e. The van der Waals surface area contributed by atoms with Crippen molar-refractivity contribution >= 4 is 29.0 Å². The molecule has 1 amide bonds. The molecule has 0 bridgehead atoms.